The van der Waals surface area contributed by atoms with E-state index in [4.69, 9.17) is 5.73 Å². The number of tetrazole rings is 1. The number of H-pyrrole nitrogens is 1. The van der Waals surface area contributed by atoms with Gasteiger partial charge in [-0.3, -0.25) is 4.79 Å². The molecule has 0 fully saturated rings. The van der Waals surface area contributed by atoms with Gasteiger partial charge in [-0.1, -0.05) is 12.1 Å². The fourth-order valence-electron chi connectivity index (χ4n) is 1.03. The first-order chi connectivity index (χ1) is 6.77. The number of hydrogen-bond donors (Lipinski definition) is 3. The Balaban J connectivity index is 2.34. The SMILES string of the molecule is CCC(CN)C(=O)NCc1nn[nH]n1. The first-order valence-electron chi connectivity index (χ1n) is 4.48. The fraction of sp³-hybridized carbons (Fsp3) is 0.714. The topological polar surface area (TPSA) is 110 Å². The van der Waals surface area contributed by atoms with Gasteiger partial charge in [0, 0.05) is 12.5 Å². The average Bonchev–Trinajstić information content (AvgIpc) is 2.69. The molecule has 1 atom stereocenters. The van der Waals surface area contributed by atoms with Gasteiger partial charge in [0.25, 0.3) is 0 Å². The van der Waals surface area contributed by atoms with E-state index in [1.807, 2.05) is 6.92 Å². The van der Waals surface area contributed by atoms with Crippen LogP contribution < -0.4 is 11.1 Å². The van der Waals surface area contributed by atoms with Gasteiger partial charge in [-0.15, -0.1) is 10.2 Å². The molecule has 7 nitrogen and oxygen atoms in total. The minimum absolute atomic E-state index is 0.0696. The molecular formula is C7H14N6O. The minimum atomic E-state index is -0.137. The molecule has 0 aliphatic rings. The maximum Gasteiger partial charge on any atom is 0.224 e. The summed E-state index contributed by atoms with van der Waals surface area (Å²) in [6.07, 6.45) is 0.731. The number of rotatable bonds is 5. The van der Waals surface area contributed by atoms with Crippen molar-refractivity contribution >= 4 is 5.91 Å². The third kappa shape index (κ3) is 2.77. The van der Waals surface area contributed by atoms with Gasteiger partial charge in [-0.25, -0.2) is 0 Å². The zero-order valence-electron chi connectivity index (χ0n) is 8.03. The van der Waals surface area contributed by atoms with Gasteiger partial charge < -0.3 is 11.1 Å². The molecule has 7 heteroatoms. The summed E-state index contributed by atoms with van der Waals surface area (Å²) in [4.78, 5) is 11.4. The summed E-state index contributed by atoms with van der Waals surface area (Å²) < 4.78 is 0. The summed E-state index contributed by atoms with van der Waals surface area (Å²) >= 11 is 0. The molecule has 1 aromatic rings. The third-order valence-corrected chi connectivity index (χ3v) is 1.96. The Morgan fingerprint density at radius 2 is 2.50 bits per heavy atom. The molecule has 78 valence electrons. The van der Waals surface area contributed by atoms with Crippen LogP contribution in [0, 0.1) is 5.92 Å². The molecule has 0 aromatic carbocycles. The number of nitrogens with zero attached hydrogens (tertiary/aromatic N) is 3. The molecule has 0 bridgehead atoms. The van der Waals surface area contributed by atoms with Gasteiger partial charge in [0.15, 0.2) is 5.82 Å². The first kappa shape index (κ1) is 10.6. The van der Waals surface area contributed by atoms with E-state index in [1.165, 1.54) is 0 Å². The van der Waals surface area contributed by atoms with Crippen LogP contribution in [0.3, 0.4) is 0 Å². The highest BCUT2D eigenvalue weighted by molar-refractivity contribution is 5.78. The number of carbonyl (C=O) groups excluding carboxylic acids is 1. The van der Waals surface area contributed by atoms with Gasteiger partial charge in [0.05, 0.1) is 6.54 Å². The van der Waals surface area contributed by atoms with Crippen LogP contribution in [0.15, 0.2) is 0 Å². The fourth-order valence-corrected chi connectivity index (χ4v) is 1.03. The predicted molar refractivity (Wildman–Crippen MR) is 48.9 cm³/mol. The molecule has 0 saturated carbocycles. The quantitative estimate of drug-likeness (QED) is 0.550. The van der Waals surface area contributed by atoms with Crippen molar-refractivity contribution in [1.82, 2.24) is 25.9 Å². The molecule has 1 aromatic heterocycles. The normalized spacial score (nSPS) is 12.4. The maximum atomic E-state index is 11.4. The van der Waals surface area contributed by atoms with Gasteiger partial charge in [0.2, 0.25) is 5.91 Å². The molecule has 1 heterocycles. The highest BCUT2D eigenvalue weighted by Gasteiger charge is 2.14. The lowest BCUT2D eigenvalue weighted by molar-refractivity contribution is -0.125. The summed E-state index contributed by atoms with van der Waals surface area (Å²) in [5.74, 6) is 0.256. The molecule has 4 N–H and O–H groups in total. The molecule has 1 rings (SSSR count). The Bertz CT molecular complexity index is 268. The minimum Gasteiger partial charge on any atom is -0.348 e. The van der Waals surface area contributed by atoms with E-state index in [0.717, 1.165) is 6.42 Å². The molecule has 0 aliphatic carbocycles. The summed E-state index contributed by atoms with van der Waals surface area (Å²) in [5.41, 5.74) is 5.42. The summed E-state index contributed by atoms with van der Waals surface area (Å²) in [6.45, 7) is 2.56. The smallest absolute Gasteiger partial charge is 0.224 e. The molecular weight excluding hydrogens is 184 g/mol. The molecule has 0 aliphatic heterocycles. The first-order valence-corrected chi connectivity index (χ1v) is 4.48. The summed E-state index contributed by atoms with van der Waals surface area (Å²) in [6, 6.07) is 0. The van der Waals surface area contributed by atoms with Crippen LogP contribution in [0.1, 0.15) is 19.2 Å². The van der Waals surface area contributed by atoms with Crippen molar-refractivity contribution < 1.29 is 4.79 Å². The van der Waals surface area contributed by atoms with E-state index in [9.17, 15) is 4.79 Å². The van der Waals surface area contributed by atoms with Crippen LogP contribution in [-0.4, -0.2) is 33.1 Å². The maximum absolute atomic E-state index is 11.4. The van der Waals surface area contributed by atoms with Gasteiger partial charge in [-0.2, -0.15) is 5.21 Å². The Morgan fingerprint density at radius 1 is 1.71 bits per heavy atom. The van der Waals surface area contributed by atoms with Crippen molar-refractivity contribution in [1.29, 1.82) is 0 Å². The lowest BCUT2D eigenvalue weighted by atomic mass is 10.1. The standard InChI is InChI=1S/C7H14N6O/c1-2-5(3-8)7(14)9-4-6-10-12-13-11-6/h5H,2-4,8H2,1H3,(H,9,14)(H,10,11,12,13). The lowest BCUT2D eigenvalue weighted by Gasteiger charge is -2.10. The van der Waals surface area contributed by atoms with Crippen molar-refractivity contribution in [3.05, 3.63) is 5.82 Å². The van der Waals surface area contributed by atoms with E-state index < -0.39 is 0 Å². The van der Waals surface area contributed by atoms with Crippen LogP contribution in [0.5, 0.6) is 0 Å². The van der Waals surface area contributed by atoms with Crippen LogP contribution >= 0.6 is 0 Å². The second kappa shape index (κ2) is 5.28. The monoisotopic (exact) mass is 198 g/mol. The van der Waals surface area contributed by atoms with Crippen molar-refractivity contribution in [2.45, 2.75) is 19.9 Å². The number of carbonyl (C=O) groups is 1. The van der Waals surface area contributed by atoms with Crippen LogP contribution in [0.2, 0.25) is 0 Å². The highest BCUT2D eigenvalue weighted by Crippen LogP contribution is 1.99. The summed E-state index contributed by atoms with van der Waals surface area (Å²) in [7, 11) is 0. The number of nitrogens with one attached hydrogen (secondary N) is 2. The molecule has 0 spiro atoms. The second-order valence-electron chi connectivity index (χ2n) is 2.89. The number of aromatic nitrogens is 4. The largest absolute Gasteiger partial charge is 0.348 e. The van der Waals surface area contributed by atoms with Crippen LogP contribution in [0.25, 0.3) is 0 Å². The van der Waals surface area contributed by atoms with E-state index in [1.54, 1.807) is 0 Å². The zero-order chi connectivity index (χ0) is 10.4. The Morgan fingerprint density at radius 3 is 3.00 bits per heavy atom. The average molecular weight is 198 g/mol. The predicted octanol–water partition coefficient (Wildman–Crippen LogP) is -1.20. The van der Waals surface area contributed by atoms with Crippen LogP contribution in [0.4, 0.5) is 0 Å². The molecule has 0 radical (unpaired) electrons. The van der Waals surface area contributed by atoms with Crippen molar-refractivity contribution in [2.75, 3.05) is 6.54 Å². The van der Waals surface area contributed by atoms with Gasteiger partial charge in [0.1, 0.15) is 0 Å². The van der Waals surface area contributed by atoms with Crippen molar-refractivity contribution in [2.24, 2.45) is 11.7 Å². The Kier molecular flexibility index (Phi) is 3.99. The molecule has 1 amide bonds. The van der Waals surface area contributed by atoms with E-state index >= 15 is 0 Å². The molecule has 14 heavy (non-hydrogen) atoms. The van der Waals surface area contributed by atoms with Gasteiger partial charge in [-0.05, 0) is 6.42 Å². The molecule has 0 saturated heterocycles. The van der Waals surface area contributed by atoms with E-state index in [-0.39, 0.29) is 18.4 Å². The lowest BCUT2D eigenvalue weighted by Crippen LogP contribution is -2.34. The number of nitrogens with two attached hydrogens (primary N) is 1. The number of amides is 1. The van der Waals surface area contributed by atoms with Gasteiger partial charge >= 0.3 is 0 Å². The van der Waals surface area contributed by atoms with E-state index in [2.05, 4.69) is 25.9 Å². The Hall–Kier alpha value is -1.50. The second-order valence-corrected chi connectivity index (χ2v) is 2.89. The Labute approximate surface area is 81.4 Å². The van der Waals surface area contributed by atoms with Crippen LogP contribution in [-0.2, 0) is 11.3 Å². The molecule has 1 unspecified atom stereocenters. The van der Waals surface area contributed by atoms with Crippen molar-refractivity contribution in [3.63, 3.8) is 0 Å². The zero-order valence-corrected chi connectivity index (χ0v) is 8.03. The number of hydrogen-bond acceptors (Lipinski definition) is 5. The summed E-state index contributed by atoms with van der Waals surface area (Å²) in [5, 5.41) is 15.8. The number of aromatic amines is 1. The third-order valence-electron chi connectivity index (χ3n) is 1.96. The van der Waals surface area contributed by atoms with E-state index in [0.29, 0.717) is 12.4 Å². The highest BCUT2D eigenvalue weighted by atomic mass is 16.1. The van der Waals surface area contributed by atoms with Crippen molar-refractivity contribution in [3.8, 4) is 0 Å².